The van der Waals surface area contributed by atoms with Gasteiger partial charge in [-0.15, -0.1) is 11.8 Å². The molecule has 0 heterocycles. The van der Waals surface area contributed by atoms with Gasteiger partial charge in [0.2, 0.25) is 5.91 Å². The molecule has 0 aromatic heterocycles. The second kappa shape index (κ2) is 15.2. The third-order valence-corrected chi connectivity index (χ3v) is 8.12. The number of thioether (sulfide) groups is 1. The van der Waals surface area contributed by atoms with E-state index in [9.17, 15) is 23.2 Å². The fourth-order valence-electron chi connectivity index (χ4n) is 4.33. The minimum Gasteiger partial charge on any atom is -0.325 e. The molecule has 3 N–H and O–H groups in total. The van der Waals surface area contributed by atoms with Crippen LogP contribution in [0.2, 0.25) is 5.02 Å². The smallest absolute Gasteiger partial charge is 0.272 e. The normalized spacial score (nSPS) is 11.8. The molecule has 10 heteroatoms. The number of halogens is 3. The van der Waals surface area contributed by atoms with Crippen LogP contribution in [0.25, 0.3) is 6.08 Å². The van der Waals surface area contributed by atoms with Crippen molar-refractivity contribution in [3.05, 3.63) is 166 Å². The van der Waals surface area contributed by atoms with Crippen LogP contribution in [0.1, 0.15) is 26.7 Å². The highest BCUT2D eigenvalue weighted by Gasteiger charge is 2.23. The van der Waals surface area contributed by atoms with Crippen molar-refractivity contribution < 1.29 is 23.2 Å². The Morgan fingerprint density at radius 1 is 0.717 bits per heavy atom. The van der Waals surface area contributed by atoms with Crippen LogP contribution in [0.15, 0.2) is 138 Å². The largest absolute Gasteiger partial charge is 0.325 e. The molecule has 0 aliphatic carbocycles. The average molecular weight is 654 g/mol. The zero-order chi connectivity index (χ0) is 32.5. The van der Waals surface area contributed by atoms with Gasteiger partial charge < -0.3 is 16.0 Å². The van der Waals surface area contributed by atoms with Gasteiger partial charge in [-0.3, -0.25) is 14.4 Å². The molecule has 5 rings (SSSR count). The Balaban J connectivity index is 1.37. The van der Waals surface area contributed by atoms with Crippen LogP contribution in [0.4, 0.5) is 20.2 Å². The van der Waals surface area contributed by atoms with Crippen molar-refractivity contribution in [3.8, 4) is 0 Å². The lowest BCUT2D eigenvalue weighted by atomic mass is 10.1. The van der Waals surface area contributed by atoms with Crippen molar-refractivity contribution in [2.75, 3.05) is 10.6 Å². The highest BCUT2D eigenvalue weighted by atomic mass is 35.5. The van der Waals surface area contributed by atoms with Crippen LogP contribution in [-0.4, -0.2) is 17.7 Å². The third-order valence-electron chi connectivity index (χ3n) is 6.58. The number of anilines is 2. The first kappa shape index (κ1) is 32.2. The SMILES string of the molecule is O=C(Nc1cccc(SC(C(=O)Nc2ccc(F)c(Cl)c2)c2ccccc2)c1)/C(=C/c1ccc(F)cc1)NC(=O)c1ccccc1. The summed E-state index contributed by atoms with van der Waals surface area (Å²) in [5, 5.41) is 7.43. The second-order valence-corrected chi connectivity index (χ2v) is 11.5. The van der Waals surface area contributed by atoms with Gasteiger partial charge in [0.05, 0.1) is 5.02 Å². The maximum Gasteiger partial charge on any atom is 0.272 e. The van der Waals surface area contributed by atoms with Gasteiger partial charge in [0.25, 0.3) is 11.8 Å². The fourth-order valence-corrected chi connectivity index (χ4v) is 5.60. The topological polar surface area (TPSA) is 87.3 Å². The number of hydrogen-bond donors (Lipinski definition) is 3. The van der Waals surface area contributed by atoms with E-state index in [4.69, 9.17) is 11.6 Å². The van der Waals surface area contributed by atoms with E-state index < -0.39 is 28.7 Å². The standard InChI is InChI=1S/C36H26ClF2N3O3S/c37-30-22-28(18-19-31(30)39)41-36(45)33(24-8-3-1-4-9-24)46-29-13-7-12-27(21-29)40-35(44)32(20-23-14-16-26(38)17-15-23)42-34(43)25-10-5-2-6-11-25/h1-22,33H,(H,40,44)(H,41,45)(H,42,43)/b32-20-. The van der Waals surface area contributed by atoms with E-state index >= 15 is 0 Å². The van der Waals surface area contributed by atoms with Crippen molar-refractivity contribution in [2.24, 2.45) is 0 Å². The Morgan fingerprint density at radius 2 is 1.39 bits per heavy atom. The van der Waals surface area contributed by atoms with E-state index in [1.807, 2.05) is 30.3 Å². The molecule has 5 aromatic rings. The van der Waals surface area contributed by atoms with Gasteiger partial charge in [-0.25, -0.2) is 8.78 Å². The van der Waals surface area contributed by atoms with E-state index in [-0.39, 0.29) is 16.6 Å². The first-order valence-corrected chi connectivity index (χ1v) is 15.2. The van der Waals surface area contributed by atoms with Gasteiger partial charge in [-0.2, -0.15) is 0 Å². The van der Waals surface area contributed by atoms with E-state index in [0.717, 1.165) is 5.56 Å². The molecule has 0 bridgehead atoms. The zero-order valence-electron chi connectivity index (χ0n) is 24.0. The first-order valence-electron chi connectivity index (χ1n) is 14.0. The molecule has 0 radical (unpaired) electrons. The summed E-state index contributed by atoms with van der Waals surface area (Å²) in [5.74, 6) is -2.49. The molecule has 1 atom stereocenters. The molecular weight excluding hydrogens is 628 g/mol. The number of amides is 3. The molecule has 6 nitrogen and oxygen atoms in total. The minimum absolute atomic E-state index is 0.0574. The van der Waals surface area contributed by atoms with Crippen LogP contribution in [-0.2, 0) is 9.59 Å². The van der Waals surface area contributed by atoms with E-state index in [1.165, 1.54) is 60.3 Å². The lowest BCUT2D eigenvalue weighted by Crippen LogP contribution is -2.30. The Bertz CT molecular complexity index is 1890. The van der Waals surface area contributed by atoms with Crippen LogP contribution in [0, 0.1) is 11.6 Å². The predicted molar refractivity (Wildman–Crippen MR) is 178 cm³/mol. The monoisotopic (exact) mass is 653 g/mol. The summed E-state index contributed by atoms with van der Waals surface area (Å²) >= 11 is 7.15. The van der Waals surface area contributed by atoms with Gasteiger partial charge >= 0.3 is 0 Å². The summed E-state index contributed by atoms with van der Waals surface area (Å²) in [7, 11) is 0. The van der Waals surface area contributed by atoms with Crippen molar-refractivity contribution in [3.63, 3.8) is 0 Å². The van der Waals surface area contributed by atoms with Crippen molar-refractivity contribution in [1.82, 2.24) is 5.32 Å². The summed E-state index contributed by atoms with van der Waals surface area (Å²) in [6, 6.07) is 33.9. The molecule has 0 saturated carbocycles. The lowest BCUT2D eigenvalue weighted by Gasteiger charge is -2.18. The maximum absolute atomic E-state index is 13.7. The summed E-state index contributed by atoms with van der Waals surface area (Å²) in [4.78, 5) is 40.6. The van der Waals surface area contributed by atoms with Crippen LogP contribution >= 0.6 is 23.4 Å². The quantitative estimate of drug-likeness (QED) is 0.104. The van der Waals surface area contributed by atoms with Gasteiger partial charge in [0, 0.05) is 21.8 Å². The maximum atomic E-state index is 13.7. The van der Waals surface area contributed by atoms with Crippen molar-refractivity contribution >= 4 is 58.5 Å². The number of benzene rings is 5. The summed E-state index contributed by atoms with van der Waals surface area (Å²) in [6.45, 7) is 0. The first-order chi connectivity index (χ1) is 22.2. The Kier molecular flexibility index (Phi) is 10.6. The Labute approximate surface area is 273 Å². The number of nitrogens with one attached hydrogen (secondary N) is 3. The fraction of sp³-hybridized carbons (Fsp3) is 0.0278. The van der Waals surface area contributed by atoms with Crippen LogP contribution in [0.3, 0.4) is 0 Å². The van der Waals surface area contributed by atoms with Crippen molar-refractivity contribution in [1.29, 1.82) is 0 Å². The second-order valence-electron chi connectivity index (χ2n) is 9.94. The van der Waals surface area contributed by atoms with E-state index in [2.05, 4.69) is 16.0 Å². The number of hydrogen-bond acceptors (Lipinski definition) is 4. The van der Waals surface area contributed by atoms with Gasteiger partial charge in [-0.1, -0.05) is 78.3 Å². The molecule has 0 fully saturated rings. The minimum atomic E-state index is -0.713. The van der Waals surface area contributed by atoms with E-state index in [0.29, 0.717) is 27.4 Å². The Hall–Kier alpha value is -5.25. The molecule has 0 spiro atoms. The van der Waals surface area contributed by atoms with Gasteiger partial charge in [0.15, 0.2) is 0 Å². The van der Waals surface area contributed by atoms with Crippen LogP contribution < -0.4 is 16.0 Å². The molecule has 0 aliphatic heterocycles. The molecule has 230 valence electrons. The molecule has 1 unspecified atom stereocenters. The summed E-state index contributed by atoms with van der Waals surface area (Å²) < 4.78 is 27.2. The number of carbonyl (C=O) groups excluding carboxylic acids is 3. The average Bonchev–Trinajstić information content (AvgIpc) is 3.07. The number of rotatable bonds is 10. The van der Waals surface area contributed by atoms with Gasteiger partial charge in [0.1, 0.15) is 22.6 Å². The molecule has 46 heavy (non-hydrogen) atoms. The summed E-state index contributed by atoms with van der Waals surface area (Å²) in [5.41, 5.74) is 2.28. The molecule has 0 aliphatic rings. The van der Waals surface area contributed by atoms with Crippen LogP contribution in [0.5, 0.6) is 0 Å². The number of carbonyl (C=O) groups is 3. The van der Waals surface area contributed by atoms with Crippen molar-refractivity contribution in [2.45, 2.75) is 10.1 Å². The Morgan fingerprint density at radius 3 is 2.09 bits per heavy atom. The predicted octanol–water partition coefficient (Wildman–Crippen LogP) is 8.50. The lowest BCUT2D eigenvalue weighted by molar-refractivity contribution is -0.116. The highest BCUT2D eigenvalue weighted by Crippen LogP contribution is 2.37. The molecule has 3 amide bonds. The summed E-state index contributed by atoms with van der Waals surface area (Å²) in [6.07, 6.45) is 1.45. The molecule has 5 aromatic carbocycles. The molecule has 0 saturated heterocycles. The van der Waals surface area contributed by atoms with E-state index in [1.54, 1.807) is 54.6 Å². The third kappa shape index (κ3) is 8.68. The van der Waals surface area contributed by atoms with Gasteiger partial charge in [-0.05, 0) is 77.9 Å². The highest BCUT2D eigenvalue weighted by molar-refractivity contribution is 8.00. The molecular formula is C36H26ClF2N3O3S. The zero-order valence-corrected chi connectivity index (χ0v) is 25.6.